The second-order valence-corrected chi connectivity index (χ2v) is 6.71. The Kier molecular flexibility index (Phi) is 6.38. The molecule has 1 heterocycles. The number of nitrogens with zero attached hydrogens (tertiary/aromatic N) is 3. The van der Waals surface area contributed by atoms with E-state index in [9.17, 15) is 4.79 Å². The van der Waals surface area contributed by atoms with Crippen LogP contribution in [0.3, 0.4) is 0 Å². The van der Waals surface area contributed by atoms with E-state index >= 15 is 0 Å². The Morgan fingerprint density at radius 2 is 1.68 bits per heavy atom. The number of aromatic nitrogens is 3. The summed E-state index contributed by atoms with van der Waals surface area (Å²) in [6.45, 7) is 4.31. The van der Waals surface area contributed by atoms with Crippen LogP contribution in [0.15, 0.2) is 53.7 Å². The standard InChI is InChI=1S/C19H21N5O3S/c1-3-26-15-8-10-17(11-9-15)27-16-6-4-14(5-7-16)21-18(25)12-28-19-23-22-13(2)24(19)20/h4-11H,3,12,20H2,1-2H3,(H,21,25). The highest BCUT2D eigenvalue weighted by Gasteiger charge is 2.10. The van der Waals surface area contributed by atoms with Crippen LogP contribution < -0.4 is 20.6 Å². The SMILES string of the molecule is CCOc1ccc(Oc2ccc(NC(=O)CSc3nnc(C)n3N)cc2)cc1. The molecule has 9 heteroatoms. The summed E-state index contributed by atoms with van der Waals surface area (Å²) < 4.78 is 12.5. The first-order valence-corrected chi connectivity index (χ1v) is 9.64. The number of thioether (sulfide) groups is 1. The third kappa shape index (κ3) is 5.17. The maximum absolute atomic E-state index is 12.1. The van der Waals surface area contributed by atoms with Gasteiger partial charge in [-0.2, -0.15) is 0 Å². The summed E-state index contributed by atoms with van der Waals surface area (Å²) in [6, 6.07) is 14.5. The number of nitrogens with two attached hydrogens (primary N) is 1. The van der Waals surface area contributed by atoms with Crippen molar-refractivity contribution in [3.05, 3.63) is 54.4 Å². The summed E-state index contributed by atoms with van der Waals surface area (Å²) in [5.41, 5.74) is 0.676. The van der Waals surface area contributed by atoms with Crippen molar-refractivity contribution in [2.75, 3.05) is 23.5 Å². The quantitative estimate of drug-likeness (QED) is 0.443. The van der Waals surface area contributed by atoms with Gasteiger partial charge in [-0.3, -0.25) is 4.79 Å². The van der Waals surface area contributed by atoms with Gasteiger partial charge in [-0.1, -0.05) is 11.8 Å². The van der Waals surface area contributed by atoms with E-state index in [0.29, 0.717) is 34.8 Å². The van der Waals surface area contributed by atoms with Crippen molar-refractivity contribution >= 4 is 23.4 Å². The van der Waals surface area contributed by atoms with Crippen molar-refractivity contribution in [3.63, 3.8) is 0 Å². The molecule has 0 spiro atoms. The summed E-state index contributed by atoms with van der Waals surface area (Å²) in [7, 11) is 0. The molecule has 1 aromatic heterocycles. The maximum atomic E-state index is 12.1. The maximum Gasteiger partial charge on any atom is 0.234 e. The number of hydrogen-bond acceptors (Lipinski definition) is 7. The highest BCUT2D eigenvalue weighted by molar-refractivity contribution is 7.99. The lowest BCUT2D eigenvalue weighted by Crippen LogP contribution is -2.16. The molecule has 146 valence electrons. The third-order valence-electron chi connectivity index (χ3n) is 3.68. The van der Waals surface area contributed by atoms with Crippen LogP contribution in [0.4, 0.5) is 5.69 Å². The number of carbonyl (C=O) groups excluding carboxylic acids is 1. The van der Waals surface area contributed by atoms with Crippen molar-refractivity contribution in [2.24, 2.45) is 0 Å². The summed E-state index contributed by atoms with van der Waals surface area (Å²) in [4.78, 5) is 12.1. The molecule has 2 aromatic carbocycles. The zero-order valence-electron chi connectivity index (χ0n) is 15.6. The van der Waals surface area contributed by atoms with Crippen LogP contribution in [-0.2, 0) is 4.79 Å². The molecule has 0 radical (unpaired) electrons. The summed E-state index contributed by atoms with van der Waals surface area (Å²) in [5, 5.41) is 11.1. The first kappa shape index (κ1) is 19.6. The largest absolute Gasteiger partial charge is 0.494 e. The third-order valence-corrected chi connectivity index (χ3v) is 4.62. The van der Waals surface area contributed by atoms with Gasteiger partial charge in [-0.25, -0.2) is 4.68 Å². The van der Waals surface area contributed by atoms with Crippen LogP contribution in [0.25, 0.3) is 0 Å². The average molecular weight is 399 g/mol. The zero-order valence-corrected chi connectivity index (χ0v) is 16.4. The molecule has 0 aliphatic heterocycles. The number of benzene rings is 2. The average Bonchev–Trinajstić information content (AvgIpc) is 3.02. The van der Waals surface area contributed by atoms with E-state index in [-0.39, 0.29) is 11.7 Å². The number of aryl methyl sites for hydroxylation is 1. The lowest BCUT2D eigenvalue weighted by molar-refractivity contribution is -0.113. The van der Waals surface area contributed by atoms with Gasteiger partial charge in [0.1, 0.15) is 23.1 Å². The fourth-order valence-electron chi connectivity index (χ4n) is 2.29. The molecule has 0 atom stereocenters. The van der Waals surface area contributed by atoms with E-state index in [1.54, 1.807) is 31.2 Å². The number of ether oxygens (including phenoxy) is 2. The highest BCUT2D eigenvalue weighted by Crippen LogP contribution is 2.25. The molecule has 0 saturated carbocycles. The van der Waals surface area contributed by atoms with E-state index in [2.05, 4.69) is 15.5 Å². The molecular weight excluding hydrogens is 378 g/mol. The van der Waals surface area contributed by atoms with Crippen LogP contribution in [0.1, 0.15) is 12.7 Å². The molecule has 3 N–H and O–H groups in total. The van der Waals surface area contributed by atoms with E-state index in [4.69, 9.17) is 15.3 Å². The minimum absolute atomic E-state index is 0.161. The van der Waals surface area contributed by atoms with E-state index in [1.807, 2.05) is 31.2 Å². The van der Waals surface area contributed by atoms with Gasteiger partial charge in [-0.15, -0.1) is 10.2 Å². The van der Waals surface area contributed by atoms with Crippen LogP contribution in [-0.4, -0.2) is 33.1 Å². The number of anilines is 1. The normalized spacial score (nSPS) is 10.5. The molecule has 0 fully saturated rings. The minimum atomic E-state index is -0.161. The van der Waals surface area contributed by atoms with E-state index in [1.165, 1.54) is 16.4 Å². The Labute approximate surface area is 167 Å². The molecule has 28 heavy (non-hydrogen) atoms. The van der Waals surface area contributed by atoms with E-state index in [0.717, 1.165) is 5.75 Å². The molecule has 0 aliphatic carbocycles. The van der Waals surface area contributed by atoms with Gasteiger partial charge in [0.2, 0.25) is 11.1 Å². The van der Waals surface area contributed by atoms with Crippen LogP contribution >= 0.6 is 11.8 Å². The van der Waals surface area contributed by atoms with Gasteiger partial charge in [0, 0.05) is 5.69 Å². The number of rotatable bonds is 8. The van der Waals surface area contributed by atoms with Crippen LogP contribution in [0.2, 0.25) is 0 Å². The van der Waals surface area contributed by atoms with Crippen LogP contribution in [0, 0.1) is 6.92 Å². The fraction of sp³-hybridized carbons (Fsp3) is 0.211. The second kappa shape index (κ2) is 9.14. The molecule has 8 nitrogen and oxygen atoms in total. The highest BCUT2D eigenvalue weighted by atomic mass is 32.2. The van der Waals surface area contributed by atoms with Crippen molar-refractivity contribution < 1.29 is 14.3 Å². The summed E-state index contributed by atoms with van der Waals surface area (Å²) in [5.74, 6) is 8.55. The smallest absolute Gasteiger partial charge is 0.234 e. The van der Waals surface area contributed by atoms with Crippen molar-refractivity contribution in [1.82, 2.24) is 14.9 Å². The van der Waals surface area contributed by atoms with Crippen molar-refractivity contribution in [1.29, 1.82) is 0 Å². The predicted octanol–water partition coefficient (Wildman–Crippen LogP) is 3.22. The first-order chi connectivity index (χ1) is 13.5. The second-order valence-electron chi connectivity index (χ2n) is 5.77. The van der Waals surface area contributed by atoms with Crippen LogP contribution in [0.5, 0.6) is 17.2 Å². The number of nitrogens with one attached hydrogen (secondary N) is 1. The Morgan fingerprint density at radius 3 is 2.25 bits per heavy atom. The predicted molar refractivity (Wildman–Crippen MR) is 108 cm³/mol. The topological polar surface area (TPSA) is 104 Å². The molecule has 3 aromatic rings. The molecule has 1 amide bonds. The number of nitrogen functional groups attached to an aromatic ring is 1. The first-order valence-electron chi connectivity index (χ1n) is 8.65. The van der Waals surface area contributed by atoms with Gasteiger partial charge in [0.15, 0.2) is 0 Å². The number of hydrogen-bond donors (Lipinski definition) is 2. The van der Waals surface area contributed by atoms with Gasteiger partial charge >= 0.3 is 0 Å². The van der Waals surface area contributed by atoms with Gasteiger partial charge in [-0.05, 0) is 62.4 Å². The van der Waals surface area contributed by atoms with E-state index < -0.39 is 0 Å². The minimum Gasteiger partial charge on any atom is -0.494 e. The molecule has 0 aliphatic rings. The molecule has 0 bridgehead atoms. The van der Waals surface area contributed by atoms with Gasteiger partial charge < -0.3 is 20.6 Å². The molecule has 0 unspecified atom stereocenters. The van der Waals surface area contributed by atoms with Gasteiger partial charge in [0.05, 0.1) is 12.4 Å². The lowest BCUT2D eigenvalue weighted by atomic mass is 10.3. The molecule has 3 rings (SSSR count). The summed E-state index contributed by atoms with van der Waals surface area (Å²) in [6.07, 6.45) is 0. The Balaban J connectivity index is 1.50. The lowest BCUT2D eigenvalue weighted by Gasteiger charge is -2.09. The van der Waals surface area contributed by atoms with Gasteiger partial charge in [0.25, 0.3) is 0 Å². The Morgan fingerprint density at radius 1 is 1.07 bits per heavy atom. The molecular formula is C19H21N5O3S. The monoisotopic (exact) mass is 399 g/mol. The zero-order chi connectivity index (χ0) is 19.9. The molecule has 0 saturated heterocycles. The van der Waals surface area contributed by atoms with Crippen molar-refractivity contribution in [3.8, 4) is 17.2 Å². The number of amides is 1. The van der Waals surface area contributed by atoms with Crippen molar-refractivity contribution in [2.45, 2.75) is 19.0 Å². The number of carbonyl (C=O) groups is 1. The Bertz CT molecular complexity index is 926. The Hall–Kier alpha value is -3.20. The summed E-state index contributed by atoms with van der Waals surface area (Å²) >= 11 is 1.22. The fourth-order valence-corrected chi connectivity index (χ4v) is 2.99.